The van der Waals surface area contributed by atoms with E-state index in [-0.39, 0.29) is 23.9 Å². The molecule has 2 atom stereocenters. The fourth-order valence-electron chi connectivity index (χ4n) is 6.92. The summed E-state index contributed by atoms with van der Waals surface area (Å²) >= 11 is 0. The molecule has 38 heavy (non-hydrogen) atoms. The van der Waals surface area contributed by atoms with Gasteiger partial charge in [0.25, 0.3) is 11.8 Å². The monoisotopic (exact) mass is 517 g/mol. The van der Waals surface area contributed by atoms with Crippen LogP contribution in [-0.4, -0.2) is 72.1 Å². The smallest absolute Gasteiger partial charge is 0.253 e. The van der Waals surface area contributed by atoms with Crippen LogP contribution in [0.15, 0.2) is 30.5 Å². The van der Waals surface area contributed by atoms with Gasteiger partial charge in [-0.2, -0.15) is 0 Å². The van der Waals surface area contributed by atoms with Crippen molar-refractivity contribution in [2.75, 3.05) is 31.1 Å². The van der Waals surface area contributed by atoms with Gasteiger partial charge in [0.15, 0.2) is 0 Å². The molecule has 2 bridgehead atoms. The molecule has 1 aromatic heterocycles. The zero-order valence-electron chi connectivity index (χ0n) is 22.5. The second kappa shape index (κ2) is 10.6. The molecular formula is C30H39N5O3. The van der Waals surface area contributed by atoms with Crippen molar-refractivity contribution in [3.63, 3.8) is 0 Å². The number of piperidine rings is 2. The number of hydrogen-bond donors (Lipinski definition) is 2. The van der Waals surface area contributed by atoms with Crippen LogP contribution in [0.5, 0.6) is 5.75 Å². The summed E-state index contributed by atoms with van der Waals surface area (Å²) in [6.07, 6.45) is 8.65. The van der Waals surface area contributed by atoms with Gasteiger partial charge < -0.3 is 25.2 Å². The molecule has 2 amide bonds. The standard InChI is InChI=1S/C30H39N5O3/c1-3-34-13-10-22(11-14-34)32-29(36)21-5-9-27(31-18-21)35-24-6-7-25(35)17-23(16-24)33-30(37)26-8-4-20-12-15-38-28(20)19(26)2/h4-5,8-9,18,22-25H,3,6-7,10-17H2,1-2H3,(H,32,36)(H,33,37). The number of aromatic nitrogens is 1. The lowest BCUT2D eigenvalue weighted by molar-refractivity contribution is 0.0908. The largest absolute Gasteiger partial charge is 0.493 e. The van der Waals surface area contributed by atoms with E-state index in [4.69, 9.17) is 9.72 Å². The van der Waals surface area contributed by atoms with Crippen molar-refractivity contribution in [1.82, 2.24) is 20.5 Å². The molecule has 2 N–H and O–H groups in total. The molecule has 4 aliphatic heterocycles. The maximum Gasteiger partial charge on any atom is 0.253 e. The van der Waals surface area contributed by atoms with Crippen LogP contribution in [0.3, 0.4) is 0 Å². The highest BCUT2D eigenvalue weighted by Crippen LogP contribution is 2.39. The summed E-state index contributed by atoms with van der Waals surface area (Å²) in [5, 5.41) is 6.51. The fourth-order valence-corrected chi connectivity index (χ4v) is 6.92. The Morgan fingerprint density at radius 1 is 0.974 bits per heavy atom. The molecule has 202 valence electrons. The third-order valence-corrected chi connectivity index (χ3v) is 9.06. The molecule has 4 aliphatic rings. The number of amides is 2. The lowest BCUT2D eigenvalue weighted by Crippen LogP contribution is -2.51. The zero-order chi connectivity index (χ0) is 26.2. The van der Waals surface area contributed by atoms with E-state index in [2.05, 4.69) is 27.4 Å². The van der Waals surface area contributed by atoms with Gasteiger partial charge in [-0.1, -0.05) is 13.0 Å². The van der Waals surface area contributed by atoms with E-state index in [9.17, 15) is 9.59 Å². The lowest BCUT2D eigenvalue weighted by Gasteiger charge is -2.40. The molecule has 8 heteroatoms. The summed E-state index contributed by atoms with van der Waals surface area (Å²) in [6, 6.07) is 8.95. The minimum absolute atomic E-state index is 0.00694. The van der Waals surface area contributed by atoms with Gasteiger partial charge >= 0.3 is 0 Å². The first-order valence-electron chi connectivity index (χ1n) is 14.3. The van der Waals surface area contributed by atoms with Crippen LogP contribution in [0.25, 0.3) is 0 Å². The molecule has 0 saturated carbocycles. The number of anilines is 1. The minimum atomic E-state index is -0.0318. The van der Waals surface area contributed by atoms with E-state index in [0.29, 0.717) is 29.8 Å². The molecule has 1 aromatic carbocycles. The van der Waals surface area contributed by atoms with E-state index in [1.165, 1.54) is 5.56 Å². The molecule has 2 aromatic rings. The highest BCUT2D eigenvalue weighted by Gasteiger charge is 2.42. The Labute approximate surface area is 225 Å². The first kappa shape index (κ1) is 25.2. The number of carbonyl (C=O) groups is 2. The molecule has 3 fully saturated rings. The Bertz CT molecular complexity index is 1180. The van der Waals surface area contributed by atoms with Crippen LogP contribution in [0.1, 0.15) is 77.3 Å². The number of carbonyl (C=O) groups excluding carboxylic acids is 2. The van der Waals surface area contributed by atoms with Gasteiger partial charge in [0.05, 0.1) is 12.2 Å². The van der Waals surface area contributed by atoms with Gasteiger partial charge in [0, 0.05) is 61.0 Å². The highest BCUT2D eigenvalue weighted by molar-refractivity contribution is 5.97. The lowest BCUT2D eigenvalue weighted by atomic mass is 9.96. The molecular weight excluding hydrogens is 478 g/mol. The van der Waals surface area contributed by atoms with E-state index in [1.807, 2.05) is 31.2 Å². The Morgan fingerprint density at radius 2 is 1.71 bits per heavy atom. The maximum absolute atomic E-state index is 13.2. The second-order valence-electron chi connectivity index (χ2n) is 11.3. The topological polar surface area (TPSA) is 86.8 Å². The number of nitrogens with one attached hydrogen (secondary N) is 2. The third-order valence-electron chi connectivity index (χ3n) is 9.06. The van der Waals surface area contributed by atoms with Crippen molar-refractivity contribution < 1.29 is 14.3 Å². The zero-order valence-corrected chi connectivity index (χ0v) is 22.5. The van der Waals surface area contributed by atoms with Gasteiger partial charge in [0.1, 0.15) is 11.6 Å². The number of likely N-dealkylation sites (tertiary alicyclic amines) is 1. The number of benzene rings is 1. The van der Waals surface area contributed by atoms with E-state index >= 15 is 0 Å². The van der Waals surface area contributed by atoms with Crippen LogP contribution in [-0.2, 0) is 6.42 Å². The molecule has 0 radical (unpaired) electrons. The molecule has 8 nitrogen and oxygen atoms in total. The van der Waals surface area contributed by atoms with Crippen molar-refractivity contribution in [3.05, 3.63) is 52.7 Å². The number of rotatable bonds is 6. The van der Waals surface area contributed by atoms with Gasteiger partial charge in [-0.3, -0.25) is 9.59 Å². The number of hydrogen-bond acceptors (Lipinski definition) is 6. The van der Waals surface area contributed by atoms with Crippen LogP contribution < -0.4 is 20.3 Å². The quantitative estimate of drug-likeness (QED) is 0.610. The predicted molar refractivity (Wildman–Crippen MR) is 147 cm³/mol. The summed E-state index contributed by atoms with van der Waals surface area (Å²) in [5.74, 6) is 1.78. The summed E-state index contributed by atoms with van der Waals surface area (Å²) < 4.78 is 5.77. The van der Waals surface area contributed by atoms with Gasteiger partial charge in [-0.15, -0.1) is 0 Å². The van der Waals surface area contributed by atoms with Gasteiger partial charge in [0.2, 0.25) is 0 Å². The van der Waals surface area contributed by atoms with E-state index < -0.39 is 0 Å². The average Bonchev–Trinajstić information content (AvgIpc) is 3.52. The van der Waals surface area contributed by atoms with Crippen molar-refractivity contribution in [1.29, 1.82) is 0 Å². The molecule has 0 spiro atoms. The van der Waals surface area contributed by atoms with Crippen LogP contribution >= 0.6 is 0 Å². The number of fused-ring (bicyclic) bond motifs is 3. The van der Waals surface area contributed by atoms with Crippen LogP contribution in [0.4, 0.5) is 5.82 Å². The first-order valence-corrected chi connectivity index (χ1v) is 14.3. The van der Waals surface area contributed by atoms with Gasteiger partial charge in [-0.25, -0.2) is 4.98 Å². The predicted octanol–water partition coefficient (Wildman–Crippen LogP) is 3.47. The van der Waals surface area contributed by atoms with Crippen LogP contribution in [0, 0.1) is 6.92 Å². The first-order chi connectivity index (χ1) is 18.5. The van der Waals surface area contributed by atoms with Crippen molar-refractivity contribution in [3.8, 4) is 5.75 Å². The summed E-state index contributed by atoms with van der Waals surface area (Å²) in [4.78, 5) is 35.5. The summed E-state index contributed by atoms with van der Waals surface area (Å²) in [7, 11) is 0. The average molecular weight is 518 g/mol. The molecule has 3 saturated heterocycles. The van der Waals surface area contributed by atoms with Crippen molar-refractivity contribution >= 4 is 17.6 Å². The van der Waals surface area contributed by atoms with E-state index in [0.717, 1.165) is 81.7 Å². The normalized spacial score (nSPS) is 25.1. The van der Waals surface area contributed by atoms with Crippen LogP contribution in [0.2, 0.25) is 0 Å². The Morgan fingerprint density at radius 3 is 2.39 bits per heavy atom. The molecule has 0 aliphatic carbocycles. The fraction of sp³-hybridized carbons (Fsp3) is 0.567. The SMILES string of the molecule is CCN1CCC(NC(=O)c2ccc(N3C4CCC3CC(NC(=O)c3ccc5c(c3C)OCC5)C4)nc2)CC1. The second-order valence-corrected chi connectivity index (χ2v) is 11.3. The third kappa shape index (κ3) is 4.86. The van der Waals surface area contributed by atoms with E-state index in [1.54, 1.807) is 6.20 Å². The molecule has 5 heterocycles. The highest BCUT2D eigenvalue weighted by atomic mass is 16.5. The number of ether oxygens (including phenoxy) is 1. The Hall–Kier alpha value is -3.13. The van der Waals surface area contributed by atoms with Gasteiger partial charge in [-0.05, 0) is 75.8 Å². The molecule has 2 unspecified atom stereocenters. The van der Waals surface area contributed by atoms with Crippen molar-refractivity contribution in [2.24, 2.45) is 0 Å². The maximum atomic E-state index is 13.2. The summed E-state index contributed by atoms with van der Waals surface area (Å²) in [6.45, 7) is 8.01. The Kier molecular flexibility index (Phi) is 6.99. The Balaban J connectivity index is 1.06. The number of pyridine rings is 1. The number of nitrogens with zero attached hydrogens (tertiary/aromatic N) is 3. The molecule has 6 rings (SSSR count). The van der Waals surface area contributed by atoms with Crippen molar-refractivity contribution in [2.45, 2.75) is 83.0 Å². The minimum Gasteiger partial charge on any atom is -0.493 e. The summed E-state index contributed by atoms with van der Waals surface area (Å²) in [5.41, 5.74) is 3.47.